The van der Waals surface area contributed by atoms with Crippen LogP contribution in [-0.2, 0) is 4.79 Å². The van der Waals surface area contributed by atoms with E-state index < -0.39 is 6.04 Å². The van der Waals surface area contributed by atoms with Gasteiger partial charge in [0, 0.05) is 29.9 Å². The first-order valence-electron chi connectivity index (χ1n) is 10.1. The molecule has 3 rings (SSSR count). The first-order chi connectivity index (χ1) is 14.0. The van der Waals surface area contributed by atoms with Crippen LogP contribution in [0.3, 0.4) is 0 Å². The Balaban J connectivity index is 1.73. The molecule has 29 heavy (non-hydrogen) atoms. The molecule has 3 amide bonds. The summed E-state index contributed by atoms with van der Waals surface area (Å²) in [4.78, 5) is 39.6. The van der Waals surface area contributed by atoms with Gasteiger partial charge in [0.1, 0.15) is 6.04 Å². The summed E-state index contributed by atoms with van der Waals surface area (Å²) in [5.74, 6) is -0.501. The van der Waals surface area contributed by atoms with Gasteiger partial charge in [-0.05, 0) is 56.0 Å². The highest BCUT2D eigenvalue weighted by Crippen LogP contribution is 2.22. The number of likely N-dealkylation sites (tertiary alicyclic amines) is 1. The second-order valence-electron chi connectivity index (χ2n) is 7.30. The third-order valence-corrected chi connectivity index (χ3v) is 5.12. The summed E-state index contributed by atoms with van der Waals surface area (Å²) in [7, 11) is 0. The van der Waals surface area contributed by atoms with Crippen molar-refractivity contribution < 1.29 is 14.4 Å². The van der Waals surface area contributed by atoms with Crippen molar-refractivity contribution in [1.29, 1.82) is 0 Å². The quantitative estimate of drug-likeness (QED) is 0.790. The Morgan fingerprint density at radius 1 is 1.10 bits per heavy atom. The van der Waals surface area contributed by atoms with Crippen LogP contribution in [0, 0.1) is 6.92 Å². The van der Waals surface area contributed by atoms with Gasteiger partial charge in [0.05, 0.1) is 0 Å². The van der Waals surface area contributed by atoms with Crippen LogP contribution in [0.5, 0.6) is 0 Å². The molecule has 2 aromatic carbocycles. The van der Waals surface area contributed by atoms with E-state index in [4.69, 9.17) is 0 Å². The van der Waals surface area contributed by atoms with Crippen molar-refractivity contribution in [3.8, 4) is 0 Å². The number of anilines is 1. The molecule has 152 valence electrons. The zero-order valence-electron chi connectivity index (χ0n) is 16.9. The predicted molar refractivity (Wildman–Crippen MR) is 113 cm³/mol. The smallest absolute Gasteiger partial charge is 0.255 e. The average molecular weight is 393 g/mol. The van der Waals surface area contributed by atoms with Crippen molar-refractivity contribution in [2.24, 2.45) is 0 Å². The highest BCUT2D eigenvalue weighted by Gasteiger charge is 2.34. The molecule has 1 aliphatic rings. The lowest BCUT2D eigenvalue weighted by molar-refractivity contribution is -0.124. The Labute approximate surface area is 171 Å². The molecule has 2 N–H and O–H groups in total. The molecule has 0 aliphatic carbocycles. The average Bonchev–Trinajstić information content (AvgIpc) is 3.22. The Morgan fingerprint density at radius 3 is 2.66 bits per heavy atom. The third-order valence-electron chi connectivity index (χ3n) is 5.12. The minimum absolute atomic E-state index is 0.0956. The molecule has 0 spiro atoms. The molecular formula is C23H27N3O3. The Bertz CT molecular complexity index is 910. The van der Waals surface area contributed by atoms with E-state index in [2.05, 4.69) is 10.6 Å². The molecule has 1 heterocycles. The summed E-state index contributed by atoms with van der Waals surface area (Å²) in [6.45, 7) is 5.04. The van der Waals surface area contributed by atoms with Gasteiger partial charge in [0.15, 0.2) is 0 Å². The molecule has 2 aromatic rings. The summed E-state index contributed by atoms with van der Waals surface area (Å²) in [5.41, 5.74) is 2.49. The molecule has 0 saturated carbocycles. The maximum absolute atomic E-state index is 13.0. The molecule has 1 unspecified atom stereocenters. The van der Waals surface area contributed by atoms with Gasteiger partial charge in [-0.3, -0.25) is 14.4 Å². The fourth-order valence-corrected chi connectivity index (χ4v) is 3.57. The summed E-state index contributed by atoms with van der Waals surface area (Å²) < 4.78 is 0. The van der Waals surface area contributed by atoms with Gasteiger partial charge in [-0.1, -0.05) is 31.2 Å². The molecule has 1 fully saturated rings. The number of benzene rings is 2. The van der Waals surface area contributed by atoms with E-state index >= 15 is 0 Å². The van der Waals surface area contributed by atoms with Gasteiger partial charge >= 0.3 is 0 Å². The van der Waals surface area contributed by atoms with E-state index in [1.165, 1.54) is 0 Å². The predicted octanol–water partition coefficient (Wildman–Crippen LogP) is 3.38. The lowest BCUT2D eigenvalue weighted by Gasteiger charge is -2.24. The summed E-state index contributed by atoms with van der Waals surface area (Å²) in [5, 5.41) is 5.74. The largest absolute Gasteiger partial charge is 0.354 e. The lowest BCUT2D eigenvalue weighted by atomic mass is 10.1. The van der Waals surface area contributed by atoms with Crippen LogP contribution < -0.4 is 10.6 Å². The molecule has 1 aliphatic heterocycles. The number of carbonyl (C=O) groups excluding carboxylic acids is 3. The number of hydrogen-bond donors (Lipinski definition) is 2. The minimum Gasteiger partial charge on any atom is -0.354 e. The van der Waals surface area contributed by atoms with Gasteiger partial charge in [0.2, 0.25) is 5.91 Å². The number of nitrogens with one attached hydrogen (secondary N) is 2. The normalized spacial score (nSPS) is 15.8. The Hall–Kier alpha value is -3.15. The SMILES string of the molecule is CCCNC(=O)C1CCCN1C(=O)c1cccc(NC(=O)c2ccccc2C)c1. The second-order valence-corrected chi connectivity index (χ2v) is 7.30. The first-order valence-corrected chi connectivity index (χ1v) is 10.1. The molecule has 0 bridgehead atoms. The van der Waals surface area contributed by atoms with Gasteiger partial charge in [-0.25, -0.2) is 0 Å². The molecule has 0 aromatic heterocycles. The number of hydrogen-bond acceptors (Lipinski definition) is 3. The fraction of sp³-hybridized carbons (Fsp3) is 0.348. The van der Waals surface area contributed by atoms with E-state index in [1.54, 1.807) is 35.2 Å². The van der Waals surface area contributed by atoms with E-state index in [0.29, 0.717) is 36.3 Å². The van der Waals surface area contributed by atoms with Crippen LogP contribution in [0.25, 0.3) is 0 Å². The van der Waals surface area contributed by atoms with Gasteiger partial charge < -0.3 is 15.5 Å². The molecule has 6 heteroatoms. The van der Waals surface area contributed by atoms with E-state index in [0.717, 1.165) is 18.4 Å². The number of aryl methyl sites for hydroxylation is 1. The fourth-order valence-electron chi connectivity index (χ4n) is 3.57. The minimum atomic E-state index is -0.431. The first kappa shape index (κ1) is 20.6. The van der Waals surface area contributed by atoms with Gasteiger partial charge in [-0.2, -0.15) is 0 Å². The van der Waals surface area contributed by atoms with Crippen LogP contribution in [-0.4, -0.2) is 41.8 Å². The van der Waals surface area contributed by atoms with Crippen LogP contribution >= 0.6 is 0 Å². The van der Waals surface area contributed by atoms with Crippen molar-refractivity contribution in [2.75, 3.05) is 18.4 Å². The molecule has 1 atom stereocenters. The maximum Gasteiger partial charge on any atom is 0.255 e. The maximum atomic E-state index is 13.0. The Morgan fingerprint density at radius 2 is 1.90 bits per heavy atom. The van der Waals surface area contributed by atoms with E-state index in [1.807, 2.05) is 32.0 Å². The number of carbonyl (C=O) groups is 3. The molecular weight excluding hydrogens is 366 g/mol. The van der Waals surface area contributed by atoms with Crippen molar-refractivity contribution in [2.45, 2.75) is 39.2 Å². The molecule has 0 radical (unpaired) electrons. The highest BCUT2D eigenvalue weighted by atomic mass is 16.2. The lowest BCUT2D eigenvalue weighted by Crippen LogP contribution is -2.46. The van der Waals surface area contributed by atoms with Crippen molar-refractivity contribution in [1.82, 2.24) is 10.2 Å². The number of amides is 3. The molecule has 6 nitrogen and oxygen atoms in total. The van der Waals surface area contributed by atoms with Crippen molar-refractivity contribution >= 4 is 23.4 Å². The zero-order chi connectivity index (χ0) is 20.8. The van der Waals surface area contributed by atoms with Gasteiger partial charge in [-0.15, -0.1) is 0 Å². The second kappa shape index (κ2) is 9.37. The monoisotopic (exact) mass is 393 g/mol. The molecule has 1 saturated heterocycles. The number of nitrogens with zero attached hydrogens (tertiary/aromatic N) is 1. The Kier molecular flexibility index (Phi) is 6.65. The summed E-state index contributed by atoms with van der Waals surface area (Å²) in [6, 6.07) is 13.8. The summed E-state index contributed by atoms with van der Waals surface area (Å²) in [6.07, 6.45) is 2.33. The van der Waals surface area contributed by atoms with Crippen LogP contribution in [0.1, 0.15) is 52.5 Å². The topological polar surface area (TPSA) is 78.5 Å². The third kappa shape index (κ3) is 4.83. The van der Waals surface area contributed by atoms with Crippen LogP contribution in [0.2, 0.25) is 0 Å². The summed E-state index contributed by atoms with van der Waals surface area (Å²) >= 11 is 0. The number of rotatable bonds is 6. The van der Waals surface area contributed by atoms with Crippen LogP contribution in [0.15, 0.2) is 48.5 Å². The van der Waals surface area contributed by atoms with Gasteiger partial charge in [0.25, 0.3) is 11.8 Å². The van der Waals surface area contributed by atoms with Crippen molar-refractivity contribution in [3.63, 3.8) is 0 Å². The van der Waals surface area contributed by atoms with Crippen molar-refractivity contribution in [3.05, 3.63) is 65.2 Å². The van der Waals surface area contributed by atoms with Crippen LogP contribution in [0.4, 0.5) is 5.69 Å². The highest BCUT2D eigenvalue weighted by molar-refractivity contribution is 6.06. The standard InChI is InChI=1S/C23H27N3O3/c1-3-13-24-22(28)20-12-7-14-26(20)23(29)17-9-6-10-18(15-17)25-21(27)19-11-5-4-8-16(19)2/h4-6,8-11,15,20H,3,7,12-14H2,1-2H3,(H,24,28)(H,25,27). The zero-order valence-corrected chi connectivity index (χ0v) is 16.9. The van der Waals surface area contributed by atoms with E-state index in [9.17, 15) is 14.4 Å². The van der Waals surface area contributed by atoms with E-state index in [-0.39, 0.29) is 17.7 Å².